The summed E-state index contributed by atoms with van der Waals surface area (Å²) in [5.41, 5.74) is 1.24. The summed E-state index contributed by atoms with van der Waals surface area (Å²) in [7, 11) is 0. The molecular weight excluding hydrogens is 134 g/mol. The van der Waals surface area contributed by atoms with Crippen LogP contribution in [0.3, 0.4) is 0 Å². The van der Waals surface area contributed by atoms with Crippen LogP contribution in [0.15, 0.2) is 29.3 Å². The van der Waals surface area contributed by atoms with E-state index in [2.05, 4.69) is 25.4 Å². The molecule has 1 heteroatoms. The van der Waals surface area contributed by atoms with E-state index in [0.717, 1.165) is 6.54 Å². The molecule has 0 atom stereocenters. The van der Waals surface area contributed by atoms with E-state index < -0.39 is 0 Å². The molecule has 0 aromatic carbocycles. The van der Waals surface area contributed by atoms with Crippen molar-refractivity contribution in [3.63, 3.8) is 0 Å². The van der Waals surface area contributed by atoms with E-state index in [4.69, 9.17) is 0 Å². The van der Waals surface area contributed by atoms with Crippen molar-refractivity contribution >= 4 is 6.21 Å². The number of rotatable bonds is 4. The van der Waals surface area contributed by atoms with Crippen molar-refractivity contribution in [3.8, 4) is 0 Å². The molecule has 0 rings (SSSR count). The Hall–Kier alpha value is -0.850. The molecule has 0 aromatic heterocycles. The van der Waals surface area contributed by atoms with E-state index in [1.807, 2.05) is 19.2 Å². The molecule has 62 valence electrons. The zero-order valence-electron chi connectivity index (χ0n) is 7.67. The molecule has 0 aliphatic carbocycles. The SMILES string of the molecule is C=C/C=C(\C=N/CC)C(C)C. The van der Waals surface area contributed by atoms with Gasteiger partial charge in [-0.3, -0.25) is 4.99 Å². The monoisotopic (exact) mass is 151 g/mol. The lowest BCUT2D eigenvalue weighted by atomic mass is 10.0. The van der Waals surface area contributed by atoms with Crippen molar-refractivity contribution in [2.24, 2.45) is 10.9 Å². The lowest BCUT2D eigenvalue weighted by molar-refractivity contribution is 0.805. The van der Waals surface area contributed by atoms with Gasteiger partial charge in [0.2, 0.25) is 0 Å². The topological polar surface area (TPSA) is 12.4 Å². The van der Waals surface area contributed by atoms with Crippen molar-refractivity contribution in [1.29, 1.82) is 0 Å². The minimum atomic E-state index is 0.531. The average molecular weight is 151 g/mol. The van der Waals surface area contributed by atoms with E-state index in [9.17, 15) is 0 Å². The first-order valence-electron chi connectivity index (χ1n) is 4.04. The van der Waals surface area contributed by atoms with Crippen LogP contribution in [-0.2, 0) is 0 Å². The van der Waals surface area contributed by atoms with Crippen LogP contribution in [0.5, 0.6) is 0 Å². The summed E-state index contributed by atoms with van der Waals surface area (Å²) in [6.45, 7) is 10.8. The van der Waals surface area contributed by atoms with Gasteiger partial charge in [-0.1, -0.05) is 32.6 Å². The van der Waals surface area contributed by atoms with Gasteiger partial charge in [-0.25, -0.2) is 0 Å². The molecule has 0 saturated heterocycles. The first-order chi connectivity index (χ1) is 5.22. The fraction of sp³-hybridized carbons (Fsp3) is 0.500. The molecule has 0 N–H and O–H groups in total. The Kier molecular flexibility index (Phi) is 5.44. The van der Waals surface area contributed by atoms with Crippen molar-refractivity contribution in [3.05, 3.63) is 24.3 Å². The molecule has 0 spiro atoms. The Morgan fingerprint density at radius 2 is 2.18 bits per heavy atom. The van der Waals surface area contributed by atoms with E-state index in [1.54, 1.807) is 6.08 Å². The van der Waals surface area contributed by atoms with Crippen LogP contribution in [-0.4, -0.2) is 12.8 Å². The quantitative estimate of drug-likeness (QED) is 0.433. The van der Waals surface area contributed by atoms with E-state index in [0.29, 0.717) is 5.92 Å². The predicted octanol–water partition coefficient (Wildman–Crippen LogP) is 2.85. The summed E-state index contributed by atoms with van der Waals surface area (Å²) >= 11 is 0. The third-order valence-electron chi connectivity index (χ3n) is 1.40. The van der Waals surface area contributed by atoms with E-state index >= 15 is 0 Å². The van der Waals surface area contributed by atoms with Crippen molar-refractivity contribution in [1.82, 2.24) is 0 Å². The molecule has 0 bridgehead atoms. The Labute approximate surface area is 69.5 Å². The Morgan fingerprint density at radius 1 is 1.55 bits per heavy atom. The van der Waals surface area contributed by atoms with Crippen LogP contribution in [0, 0.1) is 5.92 Å². The number of nitrogens with zero attached hydrogens (tertiary/aromatic N) is 1. The lowest BCUT2D eigenvalue weighted by Crippen LogP contribution is -1.95. The molecule has 0 fully saturated rings. The second-order valence-corrected chi connectivity index (χ2v) is 2.68. The van der Waals surface area contributed by atoms with Gasteiger partial charge < -0.3 is 0 Å². The van der Waals surface area contributed by atoms with E-state index in [-0.39, 0.29) is 0 Å². The molecule has 0 saturated carbocycles. The highest BCUT2D eigenvalue weighted by Crippen LogP contribution is 2.06. The average Bonchev–Trinajstić information content (AvgIpc) is 1.97. The minimum absolute atomic E-state index is 0.531. The fourth-order valence-electron chi connectivity index (χ4n) is 0.717. The second kappa shape index (κ2) is 5.90. The van der Waals surface area contributed by atoms with Gasteiger partial charge >= 0.3 is 0 Å². The van der Waals surface area contributed by atoms with Gasteiger partial charge in [-0.15, -0.1) is 0 Å². The summed E-state index contributed by atoms with van der Waals surface area (Å²) in [5, 5.41) is 0. The Bertz CT molecular complexity index is 164. The van der Waals surface area contributed by atoms with Gasteiger partial charge in [0, 0.05) is 12.8 Å². The third kappa shape index (κ3) is 4.54. The molecule has 0 unspecified atom stereocenters. The standard InChI is InChI=1S/C10H17N/c1-5-7-10(9(3)4)8-11-6-2/h5,7-9H,1,6H2,2-4H3/b10-7+,11-8-. The number of allylic oxidation sites excluding steroid dienone is 3. The van der Waals surface area contributed by atoms with Crippen LogP contribution >= 0.6 is 0 Å². The molecule has 0 aliphatic heterocycles. The first kappa shape index (κ1) is 10.2. The molecule has 1 nitrogen and oxygen atoms in total. The first-order valence-corrected chi connectivity index (χ1v) is 4.04. The minimum Gasteiger partial charge on any atom is -0.293 e. The van der Waals surface area contributed by atoms with Gasteiger partial charge in [0.05, 0.1) is 0 Å². The second-order valence-electron chi connectivity index (χ2n) is 2.68. The number of hydrogen-bond acceptors (Lipinski definition) is 1. The molecule has 0 heterocycles. The zero-order chi connectivity index (χ0) is 8.69. The summed E-state index contributed by atoms with van der Waals surface area (Å²) in [5.74, 6) is 0.531. The Morgan fingerprint density at radius 3 is 2.55 bits per heavy atom. The zero-order valence-corrected chi connectivity index (χ0v) is 7.67. The highest BCUT2D eigenvalue weighted by atomic mass is 14.7. The van der Waals surface area contributed by atoms with Gasteiger partial charge in [-0.05, 0) is 18.4 Å². The van der Waals surface area contributed by atoms with Crippen LogP contribution < -0.4 is 0 Å². The van der Waals surface area contributed by atoms with E-state index in [1.165, 1.54) is 5.57 Å². The maximum absolute atomic E-state index is 4.17. The lowest BCUT2D eigenvalue weighted by Gasteiger charge is -2.03. The predicted molar refractivity (Wildman–Crippen MR) is 52.2 cm³/mol. The third-order valence-corrected chi connectivity index (χ3v) is 1.40. The largest absolute Gasteiger partial charge is 0.293 e. The summed E-state index contributed by atoms with van der Waals surface area (Å²) in [4.78, 5) is 4.17. The number of hydrogen-bond donors (Lipinski definition) is 0. The van der Waals surface area contributed by atoms with Crippen molar-refractivity contribution in [2.45, 2.75) is 20.8 Å². The molecule has 11 heavy (non-hydrogen) atoms. The van der Waals surface area contributed by atoms with Crippen LogP contribution in [0.1, 0.15) is 20.8 Å². The van der Waals surface area contributed by atoms with Crippen LogP contribution in [0.4, 0.5) is 0 Å². The van der Waals surface area contributed by atoms with Gasteiger partial charge in [0.15, 0.2) is 0 Å². The fourth-order valence-corrected chi connectivity index (χ4v) is 0.717. The molecule has 0 radical (unpaired) electrons. The van der Waals surface area contributed by atoms with Gasteiger partial charge in [-0.2, -0.15) is 0 Å². The molecule has 0 aliphatic rings. The summed E-state index contributed by atoms with van der Waals surface area (Å²) in [6, 6.07) is 0. The molecule has 0 aromatic rings. The van der Waals surface area contributed by atoms with Gasteiger partial charge in [0.1, 0.15) is 0 Å². The highest BCUT2D eigenvalue weighted by Gasteiger charge is 1.96. The maximum Gasteiger partial charge on any atom is 0.0361 e. The highest BCUT2D eigenvalue weighted by molar-refractivity contribution is 5.79. The van der Waals surface area contributed by atoms with Gasteiger partial charge in [0.25, 0.3) is 0 Å². The van der Waals surface area contributed by atoms with Crippen molar-refractivity contribution in [2.75, 3.05) is 6.54 Å². The number of aliphatic imine (C=N–C) groups is 1. The molecular formula is C10H17N. The smallest absolute Gasteiger partial charge is 0.0361 e. The van der Waals surface area contributed by atoms with Crippen molar-refractivity contribution < 1.29 is 0 Å². The molecule has 0 amide bonds. The summed E-state index contributed by atoms with van der Waals surface area (Å²) in [6.07, 6.45) is 5.73. The summed E-state index contributed by atoms with van der Waals surface area (Å²) < 4.78 is 0. The normalized spacial score (nSPS) is 12.9. The maximum atomic E-state index is 4.17. The Balaban J connectivity index is 4.22. The van der Waals surface area contributed by atoms with Crippen LogP contribution in [0.25, 0.3) is 0 Å². The van der Waals surface area contributed by atoms with Crippen LogP contribution in [0.2, 0.25) is 0 Å².